The summed E-state index contributed by atoms with van der Waals surface area (Å²) in [6.45, 7) is 0. The third kappa shape index (κ3) is 5.69. The van der Waals surface area contributed by atoms with Gasteiger partial charge in [0.05, 0.1) is 26.0 Å². The molecule has 2 atom stereocenters. The van der Waals surface area contributed by atoms with Crippen LogP contribution < -0.4 is 14.8 Å². The molecule has 0 spiro atoms. The highest BCUT2D eigenvalue weighted by Crippen LogP contribution is 2.39. The SMILES string of the molecule is COc1ccc(NC(=O)C[C@H]2SC(N3N=C(c4cccc(OC)c4)C[C@H]3c3ccc(Cl)cc3)=NC2=O)cc1. The van der Waals surface area contributed by atoms with E-state index in [-0.39, 0.29) is 24.3 Å². The molecule has 38 heavy (non-hydrogen) atoms. The number of aliphatic imine (C=N–C) groups is 1. The second-order valence-electron chi connectivity index (χ2n) is 8.71. The average molecular weight is 549 g/mol. The molecular formula is C28H25ClN4O4S. The van der Waals surface area contributed by atoms with Crippen molar-refractivity contribution in [2.24, 2.45) is 10.1 Å². The van der Waals surface area contributed by atoms with Crippen molar-refractivity contribution < 1.29 is 19.1 Å². The van der Waals surface area contributed by atoms with Crippen LogP contribution in [0.25, 0.3) is 0 Å². The van der Waals surface area contributed by atoms with Gasteiger partial charge in [0.1, 0.15) is 16.7 Å². The first-order valence-electron chi connectivity index (χ1n) is 11.9. The molecule has 3 aromatic carbocycles. The van der Waals surface area contributed by atoms with Gasteiger partial charge in [0.2, 0.25) is 5.91 Å². The van der Waals surface area contributed by atoms with Crippen molar-refractivity contribution in [2.45, 2.75) is 24.1 Å². The van der Waals surface area contributed by atoms with Gasteiger partial charge in [0.15, 0.2) is 5.17 Å². The zero-order chi connectivity index (χ0) is 26.6. The molecule has 0 fully saturated rings. The Morgan fingerprint density at radius 1 is 1.05 bits per heavy atom. The van der Waals surface area contributed by atoms with Gasteiger partial charge in [0, 0.05) is 29.1 Å². The summed E-state index contributed by atoms with van der Waals surface area (Å²) in [7, 11) is 3.20. The highest BCUT2D eigenvalue weighted by Gasteiger charge is 2.39. The number of amides is 2. The number of carbonyl (C=O) groups is 2. The number of amidine groups is 1. The highest BCUT2D eigenvalue weighted by atomic mass is 35.5. The number of benzene rings is 3. The summed E-state index contributed by atoms with van der Waals surface area (Å²) < 4.78 is 10.5. The first-order chi connectivity index (χ1) is 18.4. The van der Waals surface area contributed by atoms with E-state index >= 15 is 0 Å². The fourth-order valence-electron chi connectivity index (χ4n) is 4.27. The third-order valence-electron chi connectivity index (χ3n) is 6.24. The highest BCUT2D eigenvalue weighted by molar-refractivity contribution is 8.15. The van der Waals surface area contributed by atoms with E-state index in [0.717, 1.165) is 22.6 Å². The molecule has 2 aliphatic heterocycles. The fraction of sp³-hybridized carbons (Fsp3) is 0.214. The second kappa shape index (κ2) is 11.3. The lowest BCUT2D eigenvalue weighted by atomic mass is 9.98. The maximum atomic E-state index is 12.8. The van der Waals surface area contributed by atoms with Gasteiger partial charge in [-0.25, -0.2) is 5.01 Å². The Hall–Kier alpha value is -3.82. The van der Waals surface area contributed by atoms with Gasteiger partial charge in [0.25, 0.3) is 5.91 Å². The lowest BCUT2D eigenvalue weighted by molar-refractivity contribution is -0.121. The topological polar surface area (TPSA) is 92.6 Å². The molecule has 0 aromatic heterocycles. The standard InChI is InChI=1S/C28H25ClN4O4S/c1-36-21-12-10-20(11-13-21)30-26(34)16-25-27(35)31-28(38-25)33-24(17-6-8-19(29)9-7-17)15-23(32-33)18-4-3-5-22(14-18)37-2/h3-14,24-25H,15-16H2,1-2H3,(H,30,34)/t24-,25+/m0/s1. The molecule has 3 aromatic rings. The fourth-order valence-corrected chi connectivity index (χ4v) is 5.46. The van der Waals surface area contributed by atoms with Gasteiger partial charge >= 0.3 is 0 Å². The van der Waals surface area contributed by atoms with Crippen LogP contribution in [-0.4, -0.2) is 47.2 Å². The number of thioether (sulfide) groups is 1. The number of hydrogen-bond acceptors (Lipinski definition) is 7. The summed E-state index contributed by atoms with van der Waals surface area (Å²) in [5, 5.41) is 9.95. The first-order valence-corrected chi connectivity index (χ1v) is 13.2. The zero-order valence-electron chi connectivity index (χ0n) is 20.8. The number of nitrogens with one attached hydrogen (secondary N) is 1. The molecule has 8 nitrogen and oxygen atoms in total. The van der Waals surface area contributed by atoms with Gasteiger partial charge in [-0.05, 0) is 54.1 Å². The summed E-state index contributed by atoms with van der Waals surface area (Å²) >= 11 is 7.38. The number of nitrogens with zero attached hydrogens (tertiary/aromatic N) is 3. The van der Waals surface area contributed by atoms with Crippen molar-refractivity contribution >= 4 is 51.7 Å². The Balaban J connectivity index is 1.34. The van der Waals surface area contributed by atoms with E-state index in [1.807, 2.05) is 48.5 Å². The van der Waals surface area contributed by atoms with E-state index in [2.05, 4.69) is 10.3 Å². The quantitative estimate of drug-likeness (QED) is 0.417. The minimum Gasteiger partial charge on any atom is -0.497 e. The predicted molar refractivity (Wildman–Crippen MR) is 150 cm³/mol. The number of hydrazone groups is 1. The minimum atomic E-state index is -0.634. The largest absolute Gasteiger partial charge is 0.497 e. The van der Waals surface area contributed by atoms with Crippen LogP contribution in [0.1, 0.15) is 30.0 Å². The molecule has 10 heteroatoms. The van der Waals surface area contributed by atoms with Gasteiger partial charge in [-0.15, -0.1) is 0 Å². The maximum absolute atomic E-state index is 12.8. The van der Waals surface area contributed by atoms with Crippen molar-refractivity contribution in [3.05, 3.63) is 88.9 Å². The lowest BCUT2D eigenvalue weighted by Crippen LogP contribution is -2.25. The summed E-state index contributed by atoms with van der Waals surface area (Å²) in [6, 6.07) is 22.1. The van der Waals surface area contributed by atoms with Crippen LogP contribution in [0.2, 0.25) is 5.02 Å². The Bertz CT molecular complexity index is 1410. The predicted octanol–water partition coefficient (Wildman–Crippen LogP) is 5.54. The van der Waals surface area contributed by atoms with E-state index in [0.29, 0.717) is 28.0 Å². The number of carbonyl (C=O) groups excluding carboxylic acids is 2. The Kier molecular flexibility index (Phi) is 7.67. The normalized spacial score (nSPS) is 18.7. The maximum Gasteiger partial charge on any atom is 0.262 e. The first kappa shape index (κ1) is 25.8. The van der Waals surface area contributed by atoms with Crippen LogP contribution in [0.5, 0.6) is 11.5 Å². The monoisotopic (exact) mass is 548 g/mol. The molecule has 0 saturated heterocycles. The molecule has 1 N–H and O–H groups in total. The summed E-state index contributed by atoms with van der Waals surface area (Å²) in [5.74, 6) is 0.804. The number of rotatable bonds is 7. The molecule has 0 saturated carbocycles. The number of halogens is 1. The van der Waals surface area contributed by atoms with E-state index in [9.17, 15) is 9.59 Å². The Morgan fingerprint density at radius 2 is 1.79 bits per heavy atom. The van der Waals surface area contributed by atoms with Crippen LogP contribution in [-0.2, 0) is 9.59 Å². The molecule has 0 bridgehead atoms. The number of anilines is 1. The third-order valence-corrected chi connectivity index (χ3v) is 7.63. The zero-order valence-corrected chi connectivity index (χ0v) is 22.3. The Labute approximate surface area is 229 Å². The molecule has 0 aliphatic carbocycles. The lowest BCUT2D eigenvalue weighted by Gasteiger charge is -2.23. The number of ether oxygens (including phenoxy) is 2. The van der Waals surface area contributed by atoms with E-state index in [1.54, 1.807) is 43.5 Å². The molecule has 2 amide bonds. The molecule has 2 heterocycles. The van der Waals surface area contributed by atoms with Crippen LogP contribution >= 0.6 is 23.4 Å². The molecule has 194 valence electrons. The van der Waals surface area contributed by atoms with E-state index in [4.69, 9.17) is 26.2 Å². The number of methoxy groups -OCH3 is 2. The molecule has 5 rings (SSSR count). The van der Waals surface area contributed by atoms with E-state index in [1.165, 1.54) is 11.8 Å². The second-order valence-corrected chi connectivity index (χ2v) is 10.3. The van der Waals surface area contributed by atoms with Gasteiger partial charge in [-0.3, -0.25) is 9.59 Å². The van der Waals surface area contributed by atoms with Crippen LogP contribution in [0.15, 0.2) is 82.9 Å². The minimum absolute atomic E-state index is 0.00552. The molecule has 2 aliphatic rings. The summed E-state index contributed by atoms with van der Waals surface area (Å²) in [4.78, 5) is 29.8. The smallest absolute Gasteiger partial charge is 0.262 e. The average Bonchev–Trinajstić information content (AvgIpc) is 3.53. The summed E-state index contributed by atoms with van der Waals surface area (Å²) in [6.07, 6.45) is 0.597. The van der Waals surface area contributed by atoms with Crippen LogP contribution in [0, 0.1) is 0 Å². The Morgan fingerprint density at radius 3 is 2.50 bits per heavy atom. The van der Waals surface area contributed by atoms with Crippen molar-refractivity contribution in [1.29, 1.82) is 0 Å². The van der Waals surface area contributed by atoms with Crippen molar-refractivity contribution in [3.63, 3.8) is 0 Å². The molecule has 0 radical (unpaired) electrons. The molecular weight excluding hydrogens is 524 g/mol. The number of hydrogen-bond donors (Lipinski definition) is 1. The summed E-state index contributed by atoms with van der Waals surface area (Å²) in [5.41, 5.74) is 3.39. The van der Waals surface area contributed by atoms with E-state index < -0.39 is 5.25 Å². The van der Waals surface area contributed by atoms with Crippen molar-refractivity contribution in [1.82, 2.24) is 5.01 Å². The van der Waals surface area contributed by atoms with Gasteiger partial charge < -0.3 is 14.8 Å². The van der Waals surface area contributed by atoms with Crippen LogP contribution in [0.4, 0.5) is 5.69 Å². The van der Waals surface area contributed by atoms with Gasteiger partial charge in [-0.2, -0.15) is 10.1 Å². The van der Waals surface area contributed by atoms with Gasteiger partial charge in [-0.1, -0.05) is 47.6 Å². The van der Waals surface area contributed by atoms with Crippen molar-refractivity contribution in [3.8, 4) is 11.5 Å². The van der Waals surface area contributed by atoms with Crippen LogP contribution in [0.3, 0.4) is 0 Å². The van der Waals surface area contributed by atoms with Crippen molar-refractivity contribution in [2.75, 3.05) is 19.5 Å². The molecule has 0 unspecified atom stereocenters.